The zero-order chi connectivity index (χ0) is 25.8. The van der Waals surface area contributed by atoms with E-state index in [1.165, 1.54) is 36.3 Å². The van der Waals surface area contributed by atoms with Crippen LogP contribution >= 0.6 is 0 Å². The summed E-state index contributed by atoms with van der Waals surface area (Å²) in [6, 6.07) is 9.48. The van der Waals surface area contributed by atoms with E-state index in [0.717, 1.165) is 0 Å². The zero-order valence-electron chi connectivity index (χ0n) is 18.6. The standard InChI is InChI=1S/C24H17F4N3O5/c1-34-24(33)16-5-3-2-4-13(16)10-31-11-14(9-29-31)30-23(32)19-7-6-15(36-19)12-35-22-20(27)17(25)8-18(26)21(22)28/h2-9,11H,10,12H2,1H3,(H,30,32). The molecule has 186 valence electrons. The lowest BCUT2D eigenvalue weighted by molar-refractivity contribution is 0.0599. The SMILES string of the molecule is COC(=O)c1ccccc1Cn1cc(NC(=O)c2ccc(COc3c(F)c(F)cc(F)c3F)o2)cn1. The quantitative estimate of drug-likeness (QED) is 0.213. The molecule has 0 bridgehead atoms. The number of nitrogens with one attached hydrogen (secondary N) is 1. The van der Waals surface area contributed by atoms with Crippen molar-refractivity contribution >= 4 is 17.6 Å². The number of esters is 1. The number of nitrogens with zero attached hydrogens (tertiary/aromatic N) is 2. The summed E-state index contributed by atoms with van der Waals surface area (Å²) in [6.45, 7) is -0.362. The Labute approximate surface area is 201 Å². The molecule has 12 heteroatoms. The van der Waals surface area contributed by atoms with Crippen LogP contribution in [-0.4, -0.2) is 28.8 Å². The maximum absolute atomic E-state index is 13.7. The Kier molecular flexibility index (Phi) is 7.04. The summed E-state index contributed by atoms with van der Waals surface area (Å²) in [5, 5.41) is 6.72. The average molecular weight is 503 g/mol. The third-order valence-electron chi connectivity index (χ3n) is 4.96. The Bertz CT molecular complexity index is 1410. The number of amides is 1. The summed E-state index contributed by atoms with van der Waals surface area (Å²) in [5.41, 5.74) is 1.36. The highest BCUT2D eigenvalue weighted by Crippen LogP contribution is 2.27. The molecule has 0 spiro atoms. The fraction of sp³-hybridized carbons (Fsp3) is 0.125. The lowest BCUT2D eigenvalue weighted by atomic mass is 10.1. The first-order chi connectivity index (χ1) is 17.3. The molecule has 2 aromatic carbocycles. The van der Waals surface area contributed by atoms with Crippen LogP contribution in [0, 0.1) is 23.3 Å². The van der Waals surface area contributed by atoms with Gasteiger partial charge in [0.05, 0.1) is 31.1 Å². The van der Waals surface area contributed by atoms with Gasteiger partial charge in [-0.3, -0.25) is 9.48 Å². The molecule has 1 N–H and O–H groups in total. The van der Waals surface area contributed by atoms with E-state index in [1.54, 1.807) is 24.3 Å². The molecule has 0 aliphatic carbocycles. The van der Waals surface area contributed by atoms with Gasteiger partial charge in [0.15, 0.2) is 23.1 Å². The third-order valence-corrected chi connectivity index (χ3v) is 4.96. The molecule has 0 aliphatic heterocycles. The summed E-state index contributed by atoms with van der Waals surface area (Å²) in [6.07, 6.45) is 2.92. The fourth-order valence-corrected chi connectivity index (χ4v) is 3.25. The van der Waals surface area contributed by atoms with E-state index in [9.17, 15) is 27.2 Å². The van der Waals surface area contributed by atoms with Gasteiger partial charge in [0.25, 0.3) is 5.91 Å². The van der Waals surface area contributed by atoms with Gasteiger partial charge in [0.2, 0.25) is 11.6 Å². The second kappa shape index (κ2) is 10.3. The molecule has 2 aromatic heterocycles. The van der Waals surface area contributed by atoms with Crippen LogP contribution < -0.4 is 10.1 Å². The van der Waals surface area contributed by atoms with Crippen molar-refractivity contribution in [2.75, 3.05) is 12.4 Å². The monoisotopic (exact) mass is 503 g/mol. The number of aromatic nitrogens is 2. The molecular weight excluding hydrogens is 486 g/mol. The number of hydrogen-bond donors (Lipinski definition) is 1. The number of halogens is 4. The number of benzene rings is 2. The van der Waals surface area contributed by atoms with Crippen molar-refractivity contribution in [2.24, 2.45) is 0 Å². The number of hydrogen-bond acceptors (Lipinski definition) is 6. The molecule has 1 amide bonds. The number of rotatable bonds is 8. The topological polar surface area (TPSA) is 95.6 Å². The maximum Gasteiger partial charge on any atom is 0.338 e. The van der Waals surface area contributed by atoms with E-state index in [-0.39, 0.29) is 24.1 Å². The highest BCUT2D eigenvalue weighted by molar-refractivity contribution is 6.02. The van der Waals surface area contributed by atoms with Gasteiger partial charge in [0, 0.05) is 12.3 Å². The molecule has 0 saturated heterocycles. The van der Waals surface area contributed by atoms with Crippen molar-refractivity contribution in [2.45, 2.75) is 13.2 Å². The molecule has 4 rings (SSSR count). The predicted octanol–water partition coefficient (Wildman–Crippen LogP) is 4.70. The summed E-state index contributed by atoms with van der Waals surface area (Å²) in [4.78, 5) is 24.4. The predicted molar refractivity (Wildman–Crippen MR) is 116 cm³/mol. The Balaban J connectivity index is 1.39. The summed E-state index contributed by atoms with van der Waals surface area (Å²) >= 11 is 0. The number of carbonyl (C=O) groups excluding carboxylic acids is 2. The van der Waals surface area contributed by atoms with Crippen LogP contribution in [0.5, 0.6) is 5.75 Å². The molecule has 0 atom stereocenters. The van der Waals surface area contributed by atoms with E-state index < -0.39 is 47.5 Å². The van der Waals surface area contributed by atoms with Gasteiger partial charge in [-0.2, -0.15) is 13.9 Å². The summed E-state index contributed by atoms with van der Waals surface area (Å²) in [7, 11) is 1.28. The van der Waals surface area contributed by atoms with Crippen LogP contribution in [0.25, 0.3) is 0 Å². The van der Waals surface area contributed by atoms with Crippen molar-refractivity contribution in [3.05, 3.63) is 101 Å². The van der Waals surface area contributed by atoms with Crippen molar-refractivity contribution in [1.82, 2.24) is 9.78 Å². The van der Waals surface area contributed by atoms with Crippen molar-refractivity contribution in [3.63, 3.8) is 0 Å². The van der Waals surface area contributed by atoms with Gasteiger partial charge in [-0.15, -0.1) is 0 Å². The van der Waals surface area contributed by atoms with Gasteiger partial charge in [0.1, 0.15) is 12.4 Å². The largest absolute Gasteiger partial charge is 0.479 e. The number of ether oxygens (including phenoxy) is 2. The van der Waals surface area contributed by atoms with Gasteiger partial charge in [-0.05, 0) is 23.8 Å². The van der Waals surface area contributed by atoms with Crippen LogP contribution in [0.2, 0.25) is 0 Å². The number of furan rings is 1. The Morgan fingerprint density at radius 2 is 1.78 bits per heavy atom. The van der Waals surface area contributed by atoms with E-state index in [4.69, 9.17) is 13.9 Å². The van der Waals surface area contributed by atoms with Crippen LogP contribution in [0.3, 0.4) is 0 Å². The second-order valence-electron chi connectivity index (χ2n) is 7.38. The van der Waals surface area contributed by atoms with Crippen molar-refractivity contribution in [1.29, 1.82) is 0 Å². The minimum absolute atomic E-state index is 0.0290. The van der Waals surface area contributed by atoms with E-state index >= 15 is 0 Å². The molecule has 0 saturated carbocycles. The molecule has 36 heavy (non-hydrogen) atoms. The second-order valence-corrected chi connectivity index (χ2v) is 7.38. The maximum atomic E-state index is 13.7. The van der Waals surface area contributed by atoms with Gasteiger partial charge < -0.3 is 19.2 Å². The molecule has 0 unspecified atom stereocenters. The molecule has 4 aromatic rings. The van der Waals surface area contributed by atoms with Crippen LogP contribution in [0.1, 0.15) is 32.2 Å². The van der Waals surface area contributed by atoms with Gasteiger partial charge >= 0.3 is 5.97 Å². The van der Waals surface area contributed by atoms with Crippen LogP contribution in [0.4, 0.5) is 23.2 Å². The molecular formula is C24H17F4N3O5. The minimum atomic E-state index is -1.69. The Hall–Kier alpha value is -4.61. The van der Waals surface area contributed by atoms with E-state index in [1.807, 2.05) is 0 Å². The first kappa shape index (κ1) is 24.5. The van der Waals surface area contributed by atoms with E-state index in [0.29, 0.717) is 16.8 Å². The minimum Gasteiger partial charge on any atom is -0.479 e. The third kappa shape index (κ3) is 5.22. The number of carbonyl (C=O) groups is 2. The number of methoxy groups -OCH3 is 1. The Morgan fingerprint density at radius 1 is 1.06 bits per heavy atom. The van der Waals surface area contributed by atoms with Crippen molar-refractivity contribution < 1.29 is 41.0 Å². The fourth-order valence-electron chi connectivity index (χ4n) is 3.25. The van der Waals surface area contributed by atoms with Gasteiger partial charge in [-0.1, -0.05) is 18.2 Å². The smallest absolute Gasteiger partial charge is 0.338 e. The molecule has 0 radical (unpaired) electrons. The van der Waals surface area contributed by atoms with Gasteiger partial charge in [-0.25, -0.2) is 13.6 Å². The molecule has 2 heterocycles. The lowest BCUT2D eigenvalue weighted by Gasteiger charge is -2.08. The Morgan fingerprint density at radius 3 is 2.50 bits per heavy atom. The summed E-state index contributed by atoms with van der Waals surface area (Å²) in [5.74, 6) is -9.19. The first-order valence-electron chi connectivity index (χ1n) is 10.3. The van der Waals surface area contributed by atoms with Crippen LogP contribution in [-0.2, 0) is 17.9 Å². The van der Waals surface area contributed by atoms with E-state index in [2.05, 4.69) is 10.4 Å². The van der Waals surface area contributed by atoms with Crippen LogP contribution in [0.15, 0.2) is 59.3 Å². The summed E-state index contributed by atoms with van der Waals surface area (Å²) < 4.78 is 70.4. The average Bonchev–Trinajstić information content (AvgIpc) is 3.52. The normalized spacial score (nSPS) is 10.8. The highest BCUT2D eigenvalue weighted by atomic mass is 19.2. The lowest BCUT2D eigenvalue weighted by Crippen LogP contribution is -2.11. The van der Waals surface area contributed by atoms with Crippen molar-refractivity contribution in [3.8, 4) is 5.75 Å². The zero-order valence-corrected chi connectivity index (χ0v) is 18.6. The molecule has 0 aliphatic rings. The first-order valence-corrected chi connectivity index (χ1v) is 10.3. The molecule has 8 nitrogen and oxygen atoms in total. The highest BCUT2D eigenvalue weighted by Gasteiger charge is 2.21. The number of anilines is 1. The molecule has 0 fully saturated rings.